The minimum absolute atomic E-state index is 0.398. The molecule has 0 aliphatic carbocycles. The first-order chi connectivity index (χ1) is 13.5. The number of carbonyl (C=O) groups excluding carboxylic acids is 1. The number of hydrogen-bond donors (Lipinski definition) is 1. The number of nitrogens with zero attached hydrogens (tertiary/aromatic N) is 2. The molecule has 1 saturated heterocycles. The maximum atomic E-state index is 13.8. The van der Waals surface area contributed by atoms with Crippen molar-refractivity contribution in [2.24, 2.45) is 0 Å². The van der Waals surface area contributed by atoms with E-state index in [0.717, 1.165) is 23.9 Å². The van der Waals surface area contributed by atoms with E-state index in [-0.39, 0.29) is 0 Å². The van der Waals surface area contributed by atoms with Gasteiger partial charge in [-0.05, 0) is 36.4 Å². The second-order valence-corrected chi connectivity index (χ2v) is 6.46. The summed E-state index contributed by atoms with van der Waals surface area (Å²) < 4.78 is 33.0. The van der Waals surface area contributed by atoms with Crippen molar-refractivity contribution in [3.8, 4) is 6.07 Å². The van der Waals surface area contributed by atoms with Crippen molar-refractivity contribution in [1.29, 1.82) is 5.26 Å². The molecule has 0 bridgehead atoms. The van der Waals surface area contributed by atoms with Crippen LogP contribution in [0.1, 0.15) is 5.56 Å². The van der Waals surface area contributed by atoms with Gasteiger partial charge in [-0.2, -0.15) is 5.26 Å². The van der Waals surface area contributed by atoms with Crippen molar-refractivity contribution in [3.05, 3.63) is 64.2 Å². The number of benzene rings is 2. The van der Waals surface area contributed by atoms with Gasteiger partial charge < -0.3 is 15.0 Å². The third kappa shape index (κ3) is 4.47. The molecule has 2 aromatic carbocycles. The molecule has 1 fully saturated rings. The summed E-state index contributed by atoms with van der Waals surface area (Å²) in [6.07, 6.45) is 0.888. The van der Waals surface area contributed by atoms with Crippen molar-refractivity contribution in [1.82, 2.24) is 0 Å². The van der Waals surface area contributed by atoms with Crippen molar-refractivity contribution < 1.29 is 18.3 Å². The van der Waals surface area contributed by atoms with Crippen LogP contribution in [0.2, 0.25) is 5.02 Å². The largest absolute Gasteiger partial charge is 0.378 e. The first-order valence-corrected chi connectivity index (χ1v) is 8.87. The molecule has 0 spiro atoms. The number of ether oxygens (including phenoxy) is 1. The van der Waals surface area contributed by atoms with Crippen LogP contribution in [0.5, 0.6) is 0 Å². The Bertz CT molecular complexity index is 946. The summed E-state index contributed by atoms with van der Waals surface area (Å²) >= 11 is 6.05. The Labute approximate surface area is 165 Å². The van der Waals surface area contributed by atoms with Crippen molar-refractivity contribution in [2.75, 3.05) is 36.5 Å². The maximum Gasteiger partial charge on any atom is 0.266 e. The van der Waals surface area contributed by atoms with Crippen LogP contribution in [0.25, 0.3) is 6.08 Å². The molecule has 8 heteroatoms. The third-order valence-electron chi connectivity index (χ3n) is 4.21. The molecule has 5 nitrogen and oxygen atoms in total. The lowest BCUT2D eigenvalue weighted by atomic mass is 10.1. The van der Waals surface area contributed by atoms with Gasteiger partial charge in [0.1, 0.15) is 23.3 Å². The second kappa shape index (κ2) is 8.83. The van der Waals surface area contributed by atoms with Crippen LogP contribution in [-0.2, 0) is 9.53 Å². The van der Waals surface area contributed by atoms with Crippen LogP contribution < -0.4 is 10.2 Å². The number of nitriles is 1. The highest BCUT2D eigenvalue weighted by atomic mass is 35.5. The number of halogens is 3. The van der Waals surface area contributed by atoms with E-state index in [9.17, 15) is 18.8 Å². The van der Waals surface area contributed by atoms with E-state index in [1.165, 1.54) is 6.07 Å². The normalized spacial score (nSPS) is 14.5. The third-order valence-corrected chi connectivity index (χ3v) is 4.45. The number of rotatable bonds is 4. The summed E-state index contributed by atoms with van der Waals surface area (Å²) in [6, 6.07) is 10.0. The Morgan fingerprint density at radius 3 is 2.54 bits per heavy atom. The van der Waals surface area contributed by atoms with Gasteiger partial charge >= 0.3 is 0 Å². The van der Waals surface area contributed by atoms with Crippen LogP contribution in [-0.4, -0.2) is 32.2 Å². The van der Waals surface area contributed by atoms with Crippen molar-refractivity contribution >= 4 is 35.0 Å². The Morgan fingerprint density at radius 2 is 1.89 bits per heavy atom. The average molecular weight is 404 g/mol. The van der Waals surface area contributed by atoms with E-state index in [4.69, 9.17) is 16.3 Å². The number of anilines is 2. The van der Waals surface area contributed by atoms with Gasteiger partial charge in [-0.1, -0.05) is 17.7 Å². The topological polar surface area (TPSA) is 65.4 Å². The number of amides is 1. The van der Waals surface area contributed by atoms with E-state index in [0.29, 0.717) is 37.0 Å². The number of carbonyl (C=O) groups is 1. The molecule has 2 aromatic rings. The molecule has 1 aliphatic rings. The zero-order chi connectivity index (χ0) is 20.1. The minimum atomic E-state index is -0.864. The number of morpholine rings is 1. The molecular weight excluding hydrogens is 388 g/mol. The molecular formula is C20H16ClF2N3O2. The van der Waals surface area contributed by atoms with E-state index in [2.05, 4.69) is 5.32 Å². The molecule has 1 aliphatic heterocycles. The standard InChI is InChI=1S/C20H16ClF2N3O2/c21-14-4-5-19(26-6-8-28-9-7-26)18(11-14)25-20(27)13(12-24)10-15-16(22)2-1-3-17(15)23/h1-5,10-11H,6-9H2,(H,25,27)/b13-10-. The van der Waals surface area contributed by atoms with Gasteiger partial charge in [0.25, 0.3) is 5.91 Å². The molecule has 144 valence electrons. The van der Waals surface area contributed by atoms with Crippen molar-refractivity contribution in [3.63, 3.8) is 0 Å². The smallest absolute Gasteiger partial charge is 0.266 e. The zero-order valence-corrected chi connectivity index (χ0v) is 15.5. The van der Waals surface area contributed by atoms with E-state index in [1.807, 2.05) is 4.90 Å². The molecule has 0 unspecified atom stereocenters. The highest BCUT2D eigenvalue weighted by Crippen LogP contribution is 2.30. The Hall–Kier alpha value is -2.95. The predicted octanol–water partition coefficient (Wildman–Crippen LogP) is 4.00. The van der Waals surface area contributed by atoms with Gasteiger partial charge in [0.2, 0.25) is 0 Å². The molecule has 0 radical (unpaired) electrons. The quantitative estimate of drug-likeness (QED) is 0.619. The molecule has 28 heavy (non-hydrogen) atoms. The van der Waals surface area contributed by atoms with Crippen LogP contribution >= 0.6 is 11.6 Å². The van der Waals surface area contributed by atoms with Gasteiger partial charge in [0.05, 0.1) is 24.6 Å². The number of hydrogen-bond acceptors (Lipinski definition) is 4. The fourth-order valence-corrected chi connectivity index (χ4v) is 2.99. The summed E-state index contributed by atoms with van der Waals surface area (Å²) in [7, 11) is 0. The highest BCUT2D eigenvalue weighted by Gasteiger charge is 2.19. The summed E-state index contributed by atoms with van der Waals surface area (Å²) in [6.45, 7) is 2.36. The van der Waals surface area contributed by atoms with Gasteiger partial charge in [-0.25, -0.2) is 8.78 Å². The van der Waals surface area contributed by atoms with Crippen LogP contribution in [0.4, 0.5) is 20.2 Å². The zero-order valence-electron chi connectivity index (χ0n) is 14.7. The molecule has 3 rings (SSSR count). The lowest BCUT2D eigenvalue weighted by molar-refractivity contribution is -0.112. The SMILES string of the molecule is N#C/C(=C/c1c(F)cccc1F)C(=O)Nc1cc(Cl)ccc1N1CCOCC1. The monoisotopic (exact) mass is 403 g/mol. The van der Waals surface area contributed by atoms with Gasteiger partial charge in [0.15, 0.2) is 0 Å². The van der Waals surface area contributed by atoms with E-state index in [1.54, 1.807) is 24.3 Å². The fraction of sp³-hybridized carbons (Fsp3) is 0.200. The molecule has 1 N–H and O–H groups in total. The van der Waals surface area contributed by atoms with Gasteiger partial charge in [-0.15, -0.1) is 0 Å². The highest BCUT2D eigenvalue weighted by molar-refractivity contribution is 6.31. The lowest BCUT2D eigenvalue weighted by Gasteiger charge is -2.30. The van der Waals surface area contributed by atoms with Gasteiger partial charge in [0, 0.05) is 23.7 Å². The van der Waals surface area contributed by atoms with Crippen LogP contribution in [0.15, 0.2) is 42.0 Å². The molecule has 0 atom stereocenters. The van der Waals surface area contributed by atoms with Crippen LogP contribution in [0.3, 0.4) is 0 Å². The number of nitrogens with one attached hydrogen (secondary N) is 1. The van der Waals surface area contributed by atoms with Crippen LogP contribution in [0, 0.1) is 23.0 Å². The second-order valence-electron chi connectivity index (χ2n) is 6.02. The maximum absolute atomic E-state index is 13.8. The summed E-state index contributed by atoms with van der Waals surface area (Å²) in [5, 5.41) is 12.3. The van der Waals surface area contributed by atoms with E-state index < -0.39 is 28.7 Å². The van der Waals surface area contributed by atoms with Gasteiger partial charge in [-0.3, -0.25) is 4.79 Å². The molecule has 1 heterocycles. The van der Waals surface area contributed by atoms with E-state index >= 15 is 0 Å². The molecule has 0 saturated carbocycles. The summed E-state index contributed by atoms with van der Waals surface area (Å²) in [5.41, 5.74) is 0.232. The fourth-order valence-electron chi connectivity index (χ4n) is 2.82. The first kappa shape index (κ1) is 19.8. The Morgan fingerprint density at radius 1 is 1.21 bits per heavy atom. The first-order valence-electron chi connectivity index (χ1n) is 8.49. The predicted molar refractivity (Wildman–Crippen MR) is 103 cm³/mol. The molecule has 0 aromatic heterocycles. The average Bonchev–Trinajstić information content (AvgIpc) is 2.68. The summed E-state index contributed by atoms with van der Waals surface area (Å²) in [4.78, 5) is 14.6. The summed E-state index contributed by atoms with van der Waals surface area (Å²) in [5.74, 6) is -2.52. The lowest BCUT2D eigenvalue weighted by Crippen LogP contribution is -2.36. The van der Waals surface area contributed by atoms with Crippen molar-refractivity contribution in [2.45, 2.75) is 0 Å². The minimum Gasteiger partial charge on any atom is -0.378 e. The Kier molecular flexibility index (Phi) is 6.24. The molecule has 1 amide bonds. The Balaban J connectivity index is 1.90.